The van der Waals surface area contributed by atoms with Crippen molar-refractivity contribution >= 4 is 29.9 Å². The van der Waals surface area contributed by atoms with Gasteiger partial charge in [-0.15, -0.1) is 24.0 Å². The third-order valence-electron chi connectivity index (χ3n) is 6.09. The van der Waals surface area contributed by atoms with Gasteiger partial charge in [0, 0.05) is 33.1 Å². The summed E-state index contributed by atoms with van der Waals surface area (Å²) < 4.78 is 1.80. The zero-order valence-corrected chi connectivity index (χ0v) is 20.7. The highest BCUT2D eigenvalue weighted by molar-refractivity contribution is 14.0. The second kappa shape index (κ2) is 10.4. The highest BCUT2D eigenvalue weighted by Crippen LogP contribution is 2.41. The van der Waals surface area contributed by atoms with Crippen LogP contribution in [0.1, 0.15) is 62.4 Å². The highest BCUT2D eigenvalue weighted by Gasteiger charge is 2.36. The lowest BCUT2D eigenvalue weighted by Gasteiger charge is -2.32. The van der Waals surface area contributed by atoms with Crippen LogP contribution in [0.2, 0.25) is 0 Å². The molecule has 1 aromatic heterocycles. The number of nitrogens with one attached hydrogen (secondary N) is 1. The van der Waals surface area contributed by atoms with Crippen LogP contribution in [-0.4, -0.2) is 46.3 Å². The summed E-state index contributed by atoms with van der Waals surface area (Å²) in [6.45, 7) is 6.08. The number of benzene rings is 1. The van der Waals surface area contributed by atoms with Crippen LogP contribution in [0, 0.1) is 0 Å². The van der Waals surface area contributed by atoms with E-state index in [1.54, 1.807) is 11.0 Å². The van der Waals surface area contributed by atoms with Crippen molar-refractivity contribution in [2.45, 2.75) is 57.4 Å². The monoisotopic (exact) mass is 510 g/mol. The quantitative estimate of drug-likeness (QED) is 0.362. The van der Waals surface area contributed by atoms with E-state index in [2.05, 4.69) is 63.4 Å². The molecule has 1 heterocycles. The molecule has 6 nitrogen and oxygen atoms in total. The minimum absolute atomic E-state index is 0. The Balaban J connectivity index is 0.00000300. The van der Waals surface area contributed by atoms with Gasteiger partial charge in [-0.3, -0.25) is 9.67 Å². The van der Waals surface area contributed by atoms with Crippen LogP contribution >= 0.6 is 24.0 Å². The molecule has 1 N–H and O–H groups in total. The van der Waals surface area contributed by atoms with Gasteiger partial charge in [-0.05, 0) is 29.9 Å². The number of hydrogen-bond acceptors (Lipinski definition) is 3. The van der Waals surface area contributed by atoms with Crippen molar-refractivity contribution < 1.29 is 0 Å². The number of rotatable bonds is 6. The number of nitrogens with zero attached hydrogens (tertiary/aromatic N) is 5. The first kappa shape index (κ1) is 23.6. The Hall–Kier alpha value is -1.64. The number of guanidine groups is 1. The van der Waals surface area contributed by atoms with Crippen molar-refractivity contribution in [1.82, 2.24) is 25.0 Å². The molecule has 0 saturated heterocycles. The fourth-order valence-electron chi connectivity index (χ4n) is 4.22. The van der Waals surface area contributed by atoms with E-state index >= 15 is 0 Å². The van der Waals surface area contributed by atoms with E-state index in [-0.39, 0.29) is 29.4 Å². The molecule has 2 aromatic rings. The molecule has 0 unspecified atom stereocenters. The molecule has 0 bridgehead atoms. The van der Waals surface area contributed by atoms with E-state index in [1.807, 2.05) is 21.1 Å². The van der Waals surface area contributed by atoms with Crippen molar-refractivity contribution in [3.05, 3.63) is 47.5 Å². The van der Waals surface area contributed by atoms with Gasteiger partial charge in [0.15, 0.2) is 5.96 Å². The summed E-state index contributed by atoms with van der Waals surface area (Å²) in [5, 5.41) is 7.79. The Kier molecular flexibility index (Phi) is 8.48. The lowest BCUT2D eigenvalue weighted by molar-refractivity contribution is 0.403. The topological polar surface area (TPSA) is 58.3 Å². The number of aliphatic imine (C=N–C) groups is 1. The zero-order chi connectivity index (χ0) is 20.1. The Morgan fingerprint density at radius 1 is 1.24 bits per heavy atom. The molecule has 0 spiro atoms. The van der Waals surface area contributed by atoms with Gasteiger partial charge in [0.1, 0.15) is 12.2 Å². The molecule has 3 rings (SSSR count). The van der Waals surface area contributed by atoms with Crippen LogP contribution in [0.3, 0.4) is 0 Å². The normalized spacial score (nSPS) is 16.0. The van der Waals surface area contributed by atoms with Crippen LogP contribution in [-0.2, 0) is 19.0 Å². The van der Waals surface area contributed by atoms with Crippen LogP contribution in [0.25, 0.3) is 0 Å². The second-order valence-electron chi connectivity index (χ2n) is 8.32. The molecule has 1 aliphatic carbocycles. The average molecular weight is 510 g/mol. The zero-order valence-electron chi connectivity index (χ0n) is 18.4. The lowest BCUT2D eigenvalue weighted by Crippen LogP contribution is -2.45. The maximum Gasteiger partial charge on any atom is 0.193 e. The summed E-state index contributed by atoms with van der Waals surface area (Å²) in [6, 6.07) is 9.28. The Morgan fingerprint density at radius 2 is 1.90 bits per heavy atom. The van der Waals surface area contributed by atoms with Gasteiger partial charge in [0.05, 0.1) is 6.54 Å². The van der Waals surface area contributed by atoms with Crippen molar-refractivity contribution in [1.29, 1.82) is 0 Å². The summed E-state index contributed by atoms with van der Waals surface area (Å²) in [6.07, 6.45) is 6.63. The molecule has 1 aromatic carbocycles. The fourth-order valence-corrected chi connectivity index (χ4v) is 4.22. The molecular formula is C22H35IN6. The Bertz CT molecular complexity index is 790. The average Bonchev–Trinajstić information content (AvgIpc) is 3.33. The molecule has 1 saturated carbocycles. The Morgan fingerprint density at radius 3 is 2.41 bits per heavy atom. The molecule has 1 fully saturated rings. The first-order chi connectivity index (χ1) is 13.4. The minimum Gasteiger partial charge on any atom is -0.355 e. The summed E-state index contributed by atoms with van der Waals surface area (Å²) in [4.78, 5) is 10.9. The van der Waals surface area contributed by atoms with Crippen molar-refractivity contribution in [3.63, 3.8) is 0 Å². The van der Waals surface area contributed by atoms with Crippen LogP contribution in [0.15, 0.2) is 35.6 Å². The molecule has 1 aliphatic rings. The molecule has 7 heteroatoms. The van der Waals surface area contributed by atoms with Gasteiger partial charge < -0.3 is 10.2 Å². The van der Waals surface area contributed by atoms with Crippen LogP contribution in [0.4, 0.5) is 0 Å². The first-order valence-electron chi connectivity index (χ1n) is 10.3. The number of hydrogen-bond donors (Lipinski definition) is 1. The van der Waals surface area contributed by atoms with E-state index in [0.717, 1.165) is 18.3 Å². The SMILES string of the molecule is CN=C(NCC1(c2ccc(C(C)C)cc2)CCCC1)N(C)Cc1ncnn1C.I. The summed E-state index contributed by atoms with van der Waals surface area (Å²) >= 11 is 0. The molecular weight excluding hydrogens is 475 g/mol. The van der Waals surface area contributed by atoms with Gasteiger partial charge >= 0.3 is 0 Å². The fraction of sp³-hybridized carbons (Fsp3) is 0.591. The molecule has 0 atom stereocenters. The molecule has 160 valence electrons. The van der Waals surface area contributed by atoms with Crippen molar-refractivity contribution in [2.75, 3.05) is 20.6 Å². The summed E-state index contributed by atoms with van der Waals surface area (Å²) in [5.74, 6) is 2.39. The lowest BCUT2D eigenvalue weighted by atomic mass is 9.78. The van der Waals surface area contributed by atoms with Gasteiger partial charge in [0.2, 0.25) is 0 Å². The minimum atomic E-state index is 0. The van der Waals surface area contributed by atoms with E-state index in [0.29, 0.717) is 12.5 Å². The molecule has 0 radical (unpaired) electrons. The van der Waals surface area contributed by atoms with Gasteiger partial charge in [-0.1, -0.05) is 51.0 Å². The summed E-state index contributed by atoms with van der Waals surface area (Å²) in [7, 11) is 5.80. The van der Waals surface area contributed by atoms with E-state index < -0.39 is 0 Å². The highest BCUT2D eigenvalue weighted by atomic mass is 127. The van der Waals surface area contributed by atoms with E-state index in [1.165, 1.54) is 36.8 Å². The standard InChI is InChI=1S/C22H34N6.HI/c1-17(2)18-8-10-19(11-9-18)22(12-6-7-13-22)15-24-21(23-3)27(4)14-20-25-16-26-28(20)5;/h8-11,16-17H,6-7,12-15H2,1-5H3,(H,23,24);1H. The largest absolute Gasteiger partial charge is 0.355 e. The van der Waals surface area contributed by atoms with Gasteiger partial charge in [-0.2, -0.15) is 5.10 Å². The number of aryl methyl sites for hydroxylation is 1. The molecule has 0 aliphatic heterocycles. The van der Waals surface area contributed by atoms with E-state index in [4.69, 9.17) is 0 Å². The van der Waals surface area contributed by atoms with Crippen LogP contribution in [0.5, 0.6) is 0 Å². The Labute approximate surface area is 192 Å². The predicted molar refractivity (Wildman–Crippen MR) is 130 cm³/mol. The molecule has 29 heavy (non-hydrogen) atoms. The third-order valence-corrected chi connectivity index (χ3v) is 6.09. The van der Waals surface area contributed by atoms with Crippen molar-refractivity contribution in [3.8, 4) is 0 Å². The van der Waals surface area contributed by atoms with E-state index in [9.17, 15) is 0 Å². The second-order valence-corrected chi connectivity index (χ2v) is 8.32. The van der Waals surface area contributed by atoms with Crippen molar-refractivity contribution in [2.24, 2.45) is 12.0 Å². The molecule has 0 amide bonds. The van der Waals surface area contributed by atoms with Gasteiger partial charge in [-0.25, -0.2) is 4.98 Å². The maximum atomic E-state index is 4.50. The maximum absolute atomic E-state index is 4.50. The summed E-state index contributed by atoms with van der Waals surface area (Å²) in [5.41, 5.74) is 3.05. The number of aromatic nitrogens is 3. The first-order valence-corrected chi connectivity index (χ1v) is 10.3. The van der Waals surface area contributed by atoms with Gasteiger partial charge in [0.25, 0.3) is 0 Å². The van der Waals surface area contributed by atoms with Crippen LogP contribution < -0.4 is 5.32 Å². The predicted octanol–water partition coefficient (Wildman–Crippen LogP) is 4.08. The smallest absolute Gasteiger partial charge is 0.193 e. The third kappa shape index (κ3) is 5.49. The number of halogens is 1.